The third kappa shape index (κ3) is 1.70. The fourth-order valence-electron chi connectivity index (χ4n) is 0.781. The van der Waals surface area contributed by atoms with Crippen LogP contribution in [0.15, 0.2) is 12.3 Å². The van der Waals surface area contributed by atoms with Crippen molar-refractivity contribution in [3.05, 3.63) is 27.9 Å². The Hall–Kier alpha value is -2.18. The van der Waals surface area contributed by atoms with Gasteiger partial charge in [-0.2, -0.15) is 0 Å². The summed E-state index contributed by atoms with van der Waals surface area (Å²) in [5, 5.41) is 18.9. The summed E-state index contributed by atoms with van der Waals surface area (Å²) in [5.41, 5.74) is 4.14. The third-order valence-corrected chi connectivity index (χ3v) is 1.33. The number of nitrogen functional groups attached to an aromatic ring is 1. The Balaban J connectivity index is 3.35. The zero-order chi connectivity index (χ0) is 10.0. The number of nitro groups is 1. The van der Waals surface area contributed by atoms with Crippen LogP contribution in [0.4, 0.5) is 11.5 Å². The largest absolute Gasteiger partial charge is 0.477 e. The van der Waals surface area contributed by atoms with Gasteiger partial charge in [0.2, 0.25) is 0 Å². The van der Waals surface area contributed by atoms with E-state index in [0.717, 1.165) is 12.3 Å². The van der Waals surface area contributed by atoms with Gasteiger partial charge in [-0.1, -0.05) is 0 Å². The molecule has 0 aliphatic carbocycles. The van der Waals surface area contributed by atoms with Crippen molar-refractivity contribution < 1.29 is 14.8 Å². The first-order chi connectivity index (χ1) is 6.02. The van der Waals surface area contributed by atoms with Gasteiger partial charge in [0.25, 0.3) is 0 Å². The highest BCUT2D eigenvalue weighted by molar-refractivity contribution is 5.92. The molecule has 1 heterocycles. The highest BCUT2D eigenvalue weighted by Gasteiger charge is 2.20. The number of aromatic carboxylic acids is 1. The lowest BCUT2D eigenvalue weighted by atomic mass is 10.2. The summed E-state index contributed by atoms with van der Waals surface area (Å²) >= 11 is 0. The normalized spacial score (nSPS) is 9.54. The Morgan fingerprint density at radius 2 is 2.31 bits per heavy atom. The fourth-order valence-corrected chi connectivity index (χ4v) is 0.781. The molecule has 0 aliphatic rings. The van der Waals surface area contributed by atoms with E-state index in [4.69, 9.17) is 10.8 Å². The number of pyridine rings is 1. The maximum Gasteiger partial charge on any atom is 0.342 e. The van der Waals surface area contributed by atoms with E-state index < -0.39 is 22.1 Å². The van der Waals surface area contributed by atoms with Crippen LogP contribution in [0.1, 0.15) is 10.4 Å². The summed E-state index contributed by atoms with van der Waals surface area (Å²) in [6.45, 7) is 0. The standard InChI is InChI=1S/C6H5N3O4/c7-5-1-3(6(10)11)4(2-8-5)9(12)13/h1-2H,(H2,7,8)(H,10,11). The van der Waals surface area contributed by atoms with Gasteiger partial charge in [0.1, 0.15) is 17.6 Å². The molecule has 0 amide bonds. The molecular weight excluding hydrogens is 178 g/mol. The average molecular weight is 183 g/mol. The number of carboxylic acids is 1. The summed E-state index contributed by atoms with van der Waals surface area (Å²) in [7, 11) is 0. The highest BCUT2D eigenvalue weighted by Crippen LogP contribution is 2.18. The van der Waals surface area contributed by atoms with Crippen molar-refractivity contribution in [3.63, 3.8) is 0 Å². The maximum atomic E-state index is 10.5. The number of nitrogens with two attached hydrogens (primary N) is 1. The van der Waals surface area contributed by atoms with Gasteiger partial charge in [-0.05, 0) is 0 Å². The third-order valence-electron chi connectivity index (χ3n) is 1.33. The topological polar surface area (TPSA) is 119 Å². The summed E-state index contributed by atoms with van der Waals surface area (Å²) in [6.07, 6.45) is 0.818. The van der Waals surface area contributed by atoms with Gasteiger partial charge < -0.3 is 10.8 Å². The number of hydrogen-bond donors (Lipinski definition) is 2. The number of hydrogen-bond acceptors (Lipinski definition) is 5. The minimum absolute atomic E-state index is 0.0667. The lowest BCUT2D eigenvalue weighted by molar-refractivity contribution is -0.385. The molecule has 0 fully saturated rings. The van der Waals surface area contributed by atoms with Crippen LogP contribution in [-0.2, 0) is 0 Å². The van der Waals surface area contributed by atoms with Crippen LogP contribution in [0.5, 0.6) is 0 Å². The molecule has 7 nitrogen and oxygen atoms in total. The van der Waals surface area contributed by atoms with E-state index in [9.17, 15) is 14.9 Å². The van der Waals surface area contributed by atoms with Crippen molar-refractivity contribution in [3.8, 4) is 0 Å². The van der Waals surface area contributed by atoms with Crippen molar-refractivity contribution in [2.45, 2.75) is 0 Å². The molecule has 0 unspecified atom stereocenters. The van der Waals surface area contributed by atoms with Crippen LogP contribution in [0.3, 0.4) is 0 Å². The van der Waals surface area contributed by atoms with Crippen molar-refractivity contribution in [1.29, 1.82) is 0 Å². The molecule has 0 saturated heterocycles. The molecule has 0 spiro atoms. The molecule has 0 saturated carbocycles. The molecule has 3 N–H and O–H groups in total. The average Bonchev–Trinajstić information content (AvgIpc) is 2.03. The van der Waals surface area contributed by atoms with Gasteiger partial charge in [0, 0.05) is 6.07 Å². The minimum Gasteiger partial charge on any atom is -0.477 e. The first-order valence-corrected chi connectivity index (χ1v) is 3.15. The predicted octanol–water partition coefficient (Wildman–Crippen LogP) is 0.270. The van der Waals surface area contributed by atoms with Crippen LogP contribution in [0.2, 0.25) is 0 Å². The smallest absolute Gasteiger partial charge is 0.342 e. The van der Waals surface area contributed by atoms with E-state index in [1.807, 2.05) is 0 Å². The second-order valence-electron chi connectivity index (χ2n) is 2.19. The Labute approximate surface area is 72.0 Å². The minimum atomic E-state index is -1.40. The van der Waals surface area contributed by atoms with Crippen LogP contribution < -0.4 is 5.73 Å². The molecule has 0 bridgehead atoms. The van der Waals surface area contributed by atoms with Gasteiger partial charge in [0.05, 0.1) is 4.92 Å². The quantitative estimate of drug-likeness (QED) is 0.501. The molecule has 0 aromatic carbocycles. The molecule has 1 rings (SSSR count). The summed E-state index contributed by atoms with van der Waals surface area (Å²) in [6, 6.07) is 0.945. The van der Waals surface area contributed by atoms with E-state index in [1.165, 1.54) is 0 Å². The first kappa shape index (κ1) is 8.91. The number of carbonyl (C=O) groups is 1. The first-order valence-electron chi connectivity index (χ1n) is 3.15. The van der Waals surface area contributed by atoms with Crippen molar-refractivity contribution in [1.82, 2.24) is 4.98 Å². The van der Waals surface area contributed by atoms with E-state index in [-0.39, 0.29) is 5.82 Å². The van der Waals surface area contributed by atoms with Crippen LogP contribution in [0.25, 0.3) is 0 Å². The van der Waals surface area contributed by atoms with Crippen molar-refractivity contribution >= 4 is 17.5 Å². The molecule has 0 atom stereocenters. The molecule has 1 aromatic heterocycles. The zero-order valence-electron chi connectivity index (χ0n) is 6.30. The molecule has 68 valence electrons. The SMILES string of the molecule is Nc1cc(C(=O)O)c([N+](=O)[O-])cn1. The Kier molecular flexibility index (Phi) is 2.09. The number of nitrogens with zero attached hydrogens (tertiary/aromatic N) is 2. The predicted molar refractivity (Wildman–Crippen MR) is 42.3 cm³/mol. The second kappa shape index (κ2) is 3.05. The van der Waals surface area contributed by atoms with Gasteiger partial charge >= 0.3 is 11.7 Å². The summed E-state index contributed by atoms with van der Waals surface area (Å²) in [4.78, 5) is 23.4. The van der Waals surface area contributed by atoms with Gasteiger partial charge in [-0.3, -0.25) is 10.1 Å². The molecule has 1 aromatic rings. The molecular formula is C6H5N3O4. The van der Waals surface area contributed by atoms with E-state index >= 15 is 0 Å². The van der Waals surface area contributed by atoms with Gasteiger partial charge in [-0.25, -0.2) is 9.78 Å². The Bertz CT molecular complexity index is 376. The van der Waals surface area contributed by atoms with Crippen LogP contribution in [0, 0.1) is 10.1 Å². The monoisotopic (exact) mass is 183 g/mol. The molecule has 7 heteroatoms. The number of aromatic nitrogens is 1. The summed E-state index contributed by atoms with van der Waals surface area (Å²) in [5.74, 6) is -1.47. The van der Waals surface area contributed by atoms with Gasteiger partial charge in [-0.15, -0.1) is 0 Å². The second-order valence-corrected chi connectivity index (χ2v) is 2.19. The van der Waals surface area contributed by atoms with Crippen LogP contribution >= 0.6 is 0 Å². The van der Waals surface area contributed by atoms with Crippen LogP contribution in [-0.4, -0.2) is 21.0 Å². The van der Waals surface area contributed by atoms with E-state index in [1.54, 1.807) is 0 Å². The Morgan fingerprint density at radius 1 is 1.69 bits per heavy atom. The summed E-state index contributed by atoms with van der Waals surface area (Å²) < 4.78 is 0. The van der Waals surface area contributed by atoms with Crippen molar-refractivity contribution in [2.24, 2.45) is 0 Å². The molecule has 0 aliphatic heterocycles. The Morgan fingerprint density at radius 3 is 2.77 bits per heavy atom. The lowest BCUT2D eigenvalue weighted by Crippen LogP contribution is -2.04. The highest BCUT2D eigenvalue weighted by atomic mass is 16.6. The fraction of sp³-hybridized carbons (Fsp3) is 0. The van der Waals surface area contributed by atoms with E-state index in [2.05, 4.69) is 4.98 Å². The molecule has 0 radical (unpaired) electrons. The maximum absolute atomic E-state index is 10.5. The number of carboxylic acid groups (broad SMARTS) is 1. The number of anilines is 1. The van der Waals surface area contributed by atoms with Gasteiger partial charge in [0.15, 0.2) is 0 Å². The molecule has 13 heavy (non-hydrogen) atoms. The zero-order valence-corrected chi connectivity index (χ0v) is 6.30. The van der Waals surface area contributed by atoms with Crippen molar-refractivity contribution in [2.75, 3.05) is 5.73 Å². The number of rotatable bonds is 2. The van der Waals surface area contributed by atoms with E-state index in [0.29, 0.717) is 0 Å². The lowest BCUT2D eigenvalue weighted by Gasteiger charge is -1.97.